The first kappa shape index (κ1) is 20.5. The Bertz CT molecular complexity index is 508. The van der Waals surface area contributed by atoms with Crippen molar-refractivity contribution >= 4 is 30.5 Å². The number of hydrogen-bond acceptors (Lipinski definition) is 2. The van der Waals surface area contributed by atoms with E-state index in [0.29, 0.717) is 12.0 Å². The van der Waals surface area contributed by atoms with Crippen LogP contribution in [0.5, 0.6) is 0 Å². The molecule has 0 N–H and O–H groups in total. The van der Waals surface area contributed by atoms with Gasteiger partial charge in [-0.15, -0.1) is 24.8 Å². The molecule has 2 aliphatic rings. The number of aliphatic imine (C=N–C) groups is 1. The zero-order valence-corrected chi connectivity index (χ0v) is 16.0. The molecule has 1 fully saturated rings. The fourth-order valence-electron chi connectivity index (χ4n) is 3.79. The largest absolute Gasteiger partial charge is 0.309 e. The van der Waals surface area contributed by atoms with Crippen molar-refractivity contribution in [2.45, 2.75) is 51.0 Å². The Labute approximate surface area is 153 Å². The molecule has 2 nitrogen and oxygen atoms in total. The molecule has 1 aromatic carbocycles. The monoisotopic (exact) mass is 356 g/mol. The second-order valence-corrected chi connectivity index (χ2v) is 6.96. The Hall–Kier alpha value is -0.570. The van der Waals surface area contributed by atoms with Gasteiger partial charge in [-0.3, -0.25) is 4.99 Å². The standard InChI is InChI=1S/C19H28N2.2ClH/c1-21(2)13-12-17-14-16-10-6-7-11-18(16)19(20-17)15-8-4-3-5-9-15;;/h6-7,10-11,15,17H,3-5,8-9,12-14H2,1-2H3;2*1H. The molecule has 1 unspecified atom stereocenters. The van der Waals surface area contributed by atoms with Crippen molar-refractivity contribution < 1.29 is 0 Å². The molecule has 1 heterocycles. The van der Waals surface area contributed by atoms with Crippen LogP contribution in [0.1, 0.15) is 49.7 Å². The third-order valence-corrected chi connectivity index (χ3v) is 4.97. The number of hydrogen-bond donors (Lipinski definition) is 0. The van der Waals surface area contributed by atoms with Gasteiger partial charge in [0.1, 0.15) is 0 Å². The number of nitrogens with zero attached hydrogens (tertiary/aromatic N) is 2. The molecule has 1 aliphatic heterocycles. The summed E-state index contributed by atoms with van der Waals surface area (Å²) in [4.78, 5) is 7.48. The summed E-state index contributed by atoms with van der Waals surface area (Å²) in [6.07, 6.45) is 9.16. The average molecular weight is 357 g/mol. The van der Waals surface area contributed by atoms with Crippen LogP contribution in [0.15, 0.2) is 29.3 Å². The summed E-state index contributed by atoms with van der Waals surface area (Å²) in [5.74, 6) is 0.710. The lowest BCUT2D eigenvalue weighted by Gasteiger charge is -2.30. The van der Waals surface area contributed by atoms with Crippen LogP contribution in [0.25, 0.3) is 0 Å². The molecule has 0 amide bonds. The summed E-state index contributed by atoms with van der Waals surface area (Å²) in [6, 6.07) is 9.46. The molecule has 1 aliphatic carbocycles. The molecule has 1 atom stereocenters. The highest BCUT2D eigenvalue weighted by molar-refractivity contribution is 6.04. The first-order valence-electron chi connectivity index (χ1n) is 8.55. The zero-order chi connectivity index (χ0) is 14.7. The van der Waals surface area contributed by atoms with Crippen LogP contribution < -0.4 is 0 Å². The van der Waals surface area contributed by atoms with Crippen LogP contribution in [-0.4, -0.2) is 37.3 Å². The van der Waals surface area contributed by atoms with E-state index in [1.165, 1.54) is 55.4 Å². The Morgan fingerprint density at radius 1 is 1.04 bits per heavy atom. The van der Waals surface area contributed by atoms with Crippen LogP contribution in [0.4, 0.5) is 0 Å². The Balaban J connectivity index is 0.00000132. The van der Waals surface area contributed by atoms with Gasteiger partial charge < -0.3 is 4.90 Å². The topological polar surface area (TPSA) is 15.6 Å². The lowest BCUT2D eigenvalue weighted by atomic mass is 9.79. The van der Waals surface area contributed by atoms with Crippen molar-refractivity contribution in [1.82, 2.24) is 4.90 Å². The highest BCUT2D eigenvalue weighted by Gasteiger charge is 2.27. The van der Waals surface area contributed by atoms with Crippen LogP contribution >= 0.6 is 24.8 Å². The summed E-state index contributed by atoms with van der Waals surface area (Å²) in [5, 5.41) is 0. The van der Waals surface area contributed by atoms with Crippen molar-refractivity contribution in [3.05, 3.63) is 35.4 Å². The van der Waals surface area contributed by atoms with Crippen LogP contribution in [0.2, 0.25) is 0 Å². The van der Waals surface area contributed by atoms with Crippen LogP contribution in [0.3, 0.4) is 0 Å². The van der Waals surface area contributed by atoms with Gasteiger partial charge in [-0.2, -0.15) is 0 Å². The molecule has 0 bridgehead atoms. The SMILES string of the molecule is CN(C)CCC1Cc2ccccc2C(C2CCCCC2)=N1.Cl.Cl. The van der Waals surface area contributed by atoms with E-state index in [-0.39, 0.29) is 24.8 Å². The maximum atomic E-state index is 5.21. The minimum absolute atomic E-state index is 0. The van der Waals surface area contributed by atoms with Crippen molar-refractivity contribution in [1.29, 1.82) is 0 Å². The van der Waals surface area contributed by atoms with E-state index in [2.05, 4.69) is 43.3 Å². The van der Waals surface area contributed by atoms with Crippen molar-refractivity contribution in [3.8, 4) is 0 Å². The van der Waals surface area contributed by atoms with Gasteiger partial charge in [-0.05, 0) is 57.5 Å². The normalized spacial score (nSPS) is 21.0. The maximum absolute atomic E-state index is 5.21. The summed E-state index contributed by atoms with van der Waals surface area (Å²) >= 11 is 0. The van der Waals surface area contributed by atoms with Gasteiger partial charge >= 0.3 is 0 Å². The van der Waals surface area contributed by atoms with E-state index < -0.39 is 0 Å². The third kappa shape index (κ3) is 5.20. The van der Waals surface area contributed by atoms with Gasteiger partial charge in [0.25, 0.3) is 0 Å². The second-order valence-electron chi connectivity index (χ2n) is 6.96. The minimum Gasteiger partial charge on any atom is -0.309 e. The molecular formula is C19H30Cl2N2. The minimum atomic E-state index is 0. The van der Waals surface area contributed by atoms with Gasteiger partial charge in [-0.1, -0.05) is 43.5 Å². The van der Waals surface area contributed by atoms with E-state index in [1.807, 2.05) is 0 Å². The maximum Gasteiger partial charge on any atom is 0.0555 e. The smallest absolute Gasteiger partial charge is 0.0555 e. The molecule has 3 rings (SSSR count). The lowest BCUT2D eigenvalue weighted by molar-refractivity contribution is 0.377. The predicted molar refractivity (Wildman–Crippen MR) is 105 cm³/mol. The van der Waals surface area contributed by atoms with Crippen molar-refractivity contribution in [2.75, 3.05) is 20.6 Å². The highest BCUT2D eigenvalue weighted by atomic mass is 35.5. The molecule has 130 valence electrons. The van der Waals surface area contributed by atoms with Gasteiger partial charge in [0.05, 0.1) is 6.04 Å². The zero-order valence-electron chi connectivity index (χ0n) is 14.3. The summed E-state index contributed by atoms with van der Waals surface area (Å²) in [7, 11) is 4.31. The Morgan fingerprint density at radius 2 is 1.74 bits per heavy atom. The molecule has 0 saturated heterocycles. The van der Waals surface area contributed by atoms with Gasteiger partial charge in [-0.25, -0.2) is 0 Å². The summed E-state index contributed by atoms with van der Waals surface area (Å²) < 4.78 is 0. The third-order valence-electron chi connectivity index (χ3n) is 4.97. The molecule has 0 radical (unpaired) electrons. The highest BCUT2D eigenvalue weighted by Crippen LogP contribution is 2.32. The first-order chi connectivity index (χ1) is 10.2. The Kier molecular flexibility index (Phi) is 8.60. The fraction of sp³-hybridized carbons (Fsp3) is 0.632. The molecule has 1 aromatic rings. The van der Waals surface area contributed by atoms with E-state index >= 15 is 0 Å². The number of benzene rings is 1. The molecule has 1 saturated carbocycles. The number of halogens is 2. The van der Waals surface area contributed by atoms with Gasteiger partial charge in [0.15, 0.2) is 0 Å². The lowest BCUT2D eigenvalue weighted by Crippen LogP contribution is -2.29. The van der Waals surface area contributed by atoms with E-state index in [4.69, 9.17) is 4.99 Å². The quantitative estimate of drug-likeness (QED) is 0.757. The van der Waals surface area contributed by atoms with Crippen LogP contribution in [-0.2, 0) is 6.42 Å². The van der Waals surface area contributed by atoms with Gasteiger partial charge in [0.2, 0.25) is 0 Å². The number of fused-ring (bicyclic) bond motifs is 1. The average Bonchev–Trinajstić information content (AvgIpc) is 2.53. The molecule has 0 spiro atoms. The molecular weight excluding hydrogens is 327 g/mol. The summed E-state index contributed by atoms with van der Waals surface area (Å²) in [5.41, 5.74) is 4.41. The molecule has 23 heavy (non-hydrogen) atoms. The van der Waals surface area contributed by atoms with E-state index in [1.54, 1.807) is 0 Å². The van der Waals surface area contributed by atoms with Crippen LogP contribution in [0, 0.1) is 5.92 Å². The van der Waals surface area contributed by atoms with E-state index in [0.717, 1.165) is 13.0 Å². The Morgan fingerprint density at radius 3 is 2.43 bits per heavy atom. The predicted octanol–water partition coefficient (Wildman–Crippen LogP) is 4.78. The second kappa shape index (κ2) is 9.66. The van der Waals surface area contributed by atoms with Crippen molar-refractivity contribution in [3.63, 3.8) is 0 Å². The molecule has 0 aromatic heterocycles. The first-order valence-corrected chi connectivity index (χ1v) is 8.55. The summed E-state index contributed by atoms with van der Waals surface area (Å²) in [6.45, 7) is 1.13. The fourth-order valence-corrected chi connectivity index (χ4v) is 3.79. The van der Waals surface area contributed by atoms with E-state index in [9.17, 15) is 0 Å². The van der Waals surface area contributed by atoms with Gasteiger partial charge in [0, 0.05) is 11.6 Å². The van der Waals surface area contributed by atoms with Crippen molar-refractivity contribution in [2.24, 2.45) is 10.9 Å². The molecule has 4 heteroatoms. The number of rotatable bonds is 4.